The molecular weight excluding hydrogens is 275 g/mol. The van der Waals surface area contributed by atoms with Crippen molar-refractivity contribution in [3.8, 4) is 17.0 Å². The van der Waals surface area contributed by atoms with Crippen LogP contribution in [0.1, 0.15) is 31.7 Å². The molecule has 0 fully saturated rings. The number of aromatic nitrogens is 2. The average Bonchev–Trinajstić information content (AvgIpc) is 2.44. The zero-order valence-electron chi connectivity index (χ0n) is 11.9. The number of hydrogen-bond acceptors (Lipinski definition) is 4. The van der Waals surface area contributed by atoms with Gasteiger partial charge in [0.15, 0.2) is 0 Å². The third-order valence-electron chi connectivity index (χ3n) is 3.17. The second kappa shape index (κ2) is 6.49. The molecule has 1 heterocycles. The first-order valence-electron chi connectivity index (χ1n) is 6.68. The summed E-state index contributed by atoms with van der Waals surface area (Å²) < 4.78 is 18.5. The molecular formula is C15H17FN2O3. The maximum absolute atomic E-state index is 13.2. The summed E-state index contributed by atoms with van der Waals surface area (Å²) in [6, 6.07) is 5.44. The minimum atomic E-state index is -0.527. The Balaban J connectivity index is 2.49. The number of ether oxygens (including phenoxy) is 1. The molecule has 0 radical (unpaired) electrons. The van der Waals surface area contributed by atoms with Crippen molar-refractivity contribution in [3.05, 3.63) is 46.3 Å². The van der Waals surface area contributed by atoms with Crippen molar-refractivity contribution in [1.29, 1.82) is 0 Å². The summed E-state index contributed by atoms with van der Waals surface area (Å²) in [6.45, 7) is 1.98. The van der Waals surface area contributed by atoms with E-state index < -0.39 is 23.4 Å². The number of aromatic hydroxyl groups is 1. The van der Waals surface area contributed by atoms with Gasteiger partial charge in [0.1, 0.15) is 23.3 Å². The molecule has 21 heavy (non-hydrogen) atoms. The quantitative estimate of drug-likeness (QED) is 0.888. The number of rotatable bonds is 5. The van der Waals surface area contributed by atoms with Crippen molar-refractivity contribution < 1.29 is 14.2 Å². The first-order chi connectivity index (χ1) is 10.1. The average molecular weight is 292 g/mol. The van der Waals surface area contributed by atoms with Gasteiger partial charge in [-0.2, -0.15) is 4.98 Å². The van der Waals surface area contributed by atoms with E-state index >= 15 is 0 Å². The van der Waals surface area contributed by atoms with Gasteiger partial charge in [-0.3, -0.25) is 4.79 Å². The molecule has 0 aliphatic heterocycles. The van der Waals surface area contributed by atoms with Gasteiger partial charge in [0.05, 0.1) is 0 Å². The van der Waals surface area contributed by atoms with E-state index in [4.69, 9.17) is 4.74 Å². The van der Waals surface area contributed by atoms with E-state index in [9.17, 15) is 14.3 Å². The third kappa shape index (κ3) is 3.28. The Morgan fingerprint density at radius 1 is 1.48 bits per heavy atom. The van der Waals surface area contributed by atoms with Crippen LogP contribution in [0.3, 0.4) is 0 Å². The van der Waals surface area contributed by atoms with Crippen molar-refractivity contribution >= 4 is 0 Å². The number of nitrogens with zero attached hydrogens (tertiary/aromatic N) is 1. The van der Waals surface area contributed by atoms with E-state index in [-0.39, 0.29) is 17.0 Å². The molecule has 0 spiro atoms. The summed E-state index contributed by atoms with van der Waals surface area (Å²) in [5.74, 6) is -0.657. The van der Waals surface area contributed by atoms with Gasteiger partial charge in [0.25, 0.3) is 5.56 Å². The van der Waals surface area contributed by atoms with Gasteiger partial charge in [-0.15, -0.1) is 0 Å². The lowest BCUT2D eigenvalue weighted by Gasteiger charge is -2.14. The zero-order valence-corrected chi connectivity index (χ0v) is 11.9. The Labute approximate surface area is 121 Å². The number of hydrogen-bond donors (Lipinski definition) is 2. The normalized spacial score (nSPS) is 12.3. The highest BCUT2D eigenvalue weighted by atomic mass is 19.1. The van der Waals surface area contributed by atoms with Gasteiger partial charge >= 0.3 is 0 Å². The minimum Gasteiger partial charge on any atom is -0.493 e. The fourth-order valence-corrected chi connectivity index (χ4v) is 2.16. The number of H-pyrrole nitrogens is 1. The molecule has 1 unspecified atom stereocenters. The molecule has 1 aromatic heterocycles. The van der Waals surface area contributed by atoms with Crippen LogP contribution >= 0.6 is 0 Å². The smallest absolute Gasteiger partial charge is 0.262 e. The van der Waals surface area contributed by atoms with E-state index in [2.05, 4.69) is 9.97 Å². The SMILES string of the molecule is CCCC(OC)c1nc(O)c(-c2cccc(F)c2)c(=O)[nH]1. The monoisotopic (exact) mass is 292 g/mol. The van der Waals surface area contributed by atoms with Crippen LogP contribution in [0.5, 0.6) is 5.88 Å². The van der Waals surface area contributed by atoms with E-state index in [1.54, 1.807) is 0 Å². The molecule has 112 valence electrons. The van der Waals surface area contributed by atoms with Crippen LogP contribution in [0.2, 0.25) is 0 Å². The van der Waals surface area contributed by atoms with Gasteiger partial charge in [-0.1, -0.05) is 25.5 Å². The van der Waals surface area contributed by atoms with E-state index in [1.807, 2.05) is 6.92 Å². The highest BCUT2D eigenvalue weighted by Crippen LogP contribution is 2.26. The lowest BCUT2D eigenvalue weighted by molar-refractivity contribution is 0.0868. The van der Waals surface area contributed by atoms with Crippen LogP contribution in [0, 0.1) is 5.82 Å². The maximum Gasteiger partial charge on any atom is 0.262 e. The van der Waals surface area contributed by atoms with Crippen LogP contribution < -0.4 is 5.56 Å². The minimum absolute atomic E-state index is 0.0513. The fraction of sp³-hybridized carbons (Fsp3) is 0.333. The predicted octanol–water partition coefficient (Wildman–Crippen LogP) is 2.77. The summed E-state index contributed by atoms with van der Waals surface area (Å²) in [7, 11) is 1.51. The number of methoxy groups -OCH3 is 1. The molecule has 1 atom stereocenters. The van der Waals surface area contributed by atoms with Gasteiger partial charge < -0.3 is 14.8 Å². The van der Waals surface area contributed by atoms with Crippen molar-refractivity contribution in [2.24, 2.45) is 0 Å². The van der Waals surface area contributed by atoms with E-state index in [0.29, 0.717) is 6.42 Å². The topological polar surface area (TPSA) is 75.2 Å². The third-order valence-corrected chi connectivity index (χ3v) is 3.17. The highest BCUT2D eigenvalue weighted by Gasteiger charge is 2.18. The fourth-order valence-electron chi connectivity index (χ4n) is 2.16. The molecule has 0 aliphatic carbocycles. The molecule has 0 saturated heterocycles. The van der Waals surface area contributed by atoms with E-state index in [0.717, 1.165) is 6.42 Å². The Morgan fingerprint density at radius 2 is 2.24 bits per heavy atom. The van der Waals surface area contributed by atoms with Crippen LogP contribution in [0.4, 0.5) is 4.39 Å². The summed E-state index contributed by atoms with van der Waals surface area (Å²) in [4.78, 5) is 18.7. The maximum atomic E-state index is 13.2. The highest BCUT2D eigenvalue weighted by molar-refractivity contribution is 5.67. The second-order valence-corrected chi connectivity index (χ2v) is 4.67. The first-order valence-corrected chi connectivity index (χ1v) is 6.68. The molecule has 2 rings (SSSR count). The predicted molar refractivity (Wildman–Crippen MR) is 76.6 cm³/mol. The standard InChI is InChI=1S/C15H17FN2O3/c1-3-5-11(21-2)13-17-14(19)12(15(20)18-13)9-6-4-7-10(16)8-9/h4,6-8,11H,3,5H2,1-2H3,(H2,17,18,19,20). The van der Waals surface area contributed by atoms with E-state index in [1.165, 1.54) is 31.4 Å². The number of aromatic amines is 1. The van der Waals surface area contributed by atoms with Crippen molar-refractivity contribution in [2.75, 3.05) is 7.11 Å². The summed E-state index contributed by atoms with van der Waals surface area (Å²) in [5.41, 5.74) is -0.303. The first kappa shape index (κ1) is 15.2. The summed E-state index contributed by atoms with van der Waals surface area (Å²) in [6.07, 6.45) is 1.11. The Bertz CT molecular complexity index is 685. The largest absolute Gasteiger partial charge is 0.493 e. The van der Waals surface area contributed by atoms with Crippen molar-refractivity contribution in [3.63, 3.8) is 0 Å². The molecule has 0 aliphatic rings. The van der Waals surface area contributed by atoms with Gasteiger partial charge in [0, 0.05) is 7.11 Å². The van der Waals surface area contributed by atoms with Gasteiger partial charge in [0.2, 0.25) is 5.88 Å². The molecule has 0 saturated carbocycles. The van der Waals surface area contributed by atoms with Crippen molar-refractivity contribution in [2.45, 2.75) is 25.9 Å². The van der Waals surface area contributed by atoms with Crippen molar-refractivity contribution in [1.82, 2.24) is 9.97 Å². The molecule has 6 heteroatoms. The number of benzene rings is 1. The number of nitrogens with one attached hydrogen (secondary N) is 1. The lowest BCUT2D eigenvalue weighted by atomic mass is 10.1. The zero-order chi connectivity index (χ0) is 15.4. The Hall–Kier alpha value is -2.21. The molecule has 2 N–H and O–H groups in total. The molecule has 5 nitrogen and oxygen atoms in total. The summed E-state index contributed by atoms with van der Waals surface area (Å²) >= 11 is 0. The molecule has 2 aromatic rings. The molecule has 0 bridgehead atoms. The number of halogens is 1. The van der Waals surface area contributed by atoms with Crippen LogP contribution in [-0.2, 0) is 4.74 Å². The second-order valence-electron chi connectivity index (χ2n) is 4.67. The van der Waals surface area contributed by atoms with Gasteiger partial charge in [-0.25, -0.2) is 4.39 Å². The Morgan fingerprint density at radius 3 is 2.81 bits per heavy atom. The van der Waals surface area contributed by atoms with Gasteiger partial charge in [-0.05, 0) is 24.1 Å². The summed E-state index contributed by atoms with van der Waals surface area (Å²) in [5, 5.41) is 10.0. The van der Waals surface area contributed by atoms with Crippen LogP contribution in [0.15, 0.2) is 29.1 Å². The van der Waals surface area contributed by atoms with Crippen LogP contribution in [0.25, 0.3) is 11.1 Å². The molecule has 1 aromatic carbocycles. The Kier molecular flexibility index (Phi) is 4.70. The lowest BCUT2D eigenvalue weighted by Crippen LogP contribution is -2.17. The van der Waals surface area contributed by atoms with Crippen LogP contribution in [-0.4, -0.2) is 22.2 Å². The molecule has 0 amide bonds.